The molecule has 3 rings (SSSR count). The van der Waals surface area contributed by atoms with Gasteiger partial charge in [0.25, 0.3) is 11.7 Å². The van der Waals surface area contributed by atoms with Crippen LogP contribution in [0.15, 0.2) is 54.6 Å². The largest absolute Gasteiger partial charge is 0.416 e. The lowest BCUT2D eigenvalue weighted by atomic mass is 10.2. The summed E-state index contributed by atoms with van der Waals surface area (Å²) < 4.78 is 38.0. The first-order valence-corrected chi connectivity index (χ1v) is 8.58. The van der Waals surface area contributed by atoms with Crippen LogP contribution in [0.3, 0.4) is 0 Å². The van der Waals surface area contributed by atoms with E-state index >= 15 is 0 Å². The van der Waals surface area contributed by atoms with Crippen LogP contribution in [0.4, 0.5) is 13.2 Å². The van der Waals surface area contributed by atoms with Gasteiger partial charge in [0, 0.05) is 12.6 Å². The van der Waals surface area contributed by atoms with Crippen molar-refractivity contribution < 1.29 is 18.0 Å². The molecule has 0 saturated heterocycles. The third-order valence-electron chi connectivity index (χ3n) is 4.11. The number of hydrogen-bond donors (Lipinski definition) is 0. The number of hydrogen-bond acceptors (Lipinski definition) is 4. The lowest BCUT2D eigenvalue weighted by Crippen LogP contribution is -2.37. The normalized spacial score (nSPS) is 11.6. The molecule has 0 aliphatic heterocycles. The molecule has 0 aliphatic rings. The van der Waals surface area contributed by atoms with Crippen molar-refractivity contribution in [2.45, 2.75) is 32.6 Å². The third kappa shape index (κ3) is 4.36. The Morgan fingerprint density at radius 1 is 1.07 bits per heavy atom. The molecule has 9 heteroatoms. The number of halogens is 3. The van der Waals surface area contributed by atoms with E-state index in [-0.39, 0.29) is 17.6 Å². The SMILES string of the molecule is CC(C)N(Cc1ccccc1)C(=O)c1nnn(-c2ccc(C(F)(F)F)cc2)n1. The van der Waals surface area contributed by atoms with Gasteiger partial charge in [0.2, 0.25) is 0 Å². The predicted molar refractivity (Wildman–Crippen MR) is 95.6 cm³/mol. The Kier molecular flexibility index (Phi) is 5.43. The Balaban J connectivity index is 1.80. The highest BCUT2D eigenvalue weighted by Crippen LogP contribution is 2.29. The second kappa shape index (κ2) is 7.79. The average molecular weight is 389 g/mol. The molecule has 0 atom stereocenters. The number of tetrazole rings is 1. The van der Waals surface area contributed by atoms with Gasteiger partial charge in [-0.15, -0.1) is 15.0 Å². The third-order valence-corrected chi connectivity index (χ3v) is 4.11. The molecule has 6 nitrogen and oxygen atoms in total. The lowest BCUT2D eigenvalue weighted by Gasteiger charge is -2.25. The summed E-state index contributed by atoms with van der Waals surface area (Å²) in [5, 5.41) is 11.6. The van der Waals surface area contributed by atoms with Crippen LogP contribution in [-0.4, -0.2) is 37.1 Å². The molecule has 0 unspecified atom stereocenters. The van der Waals surface area contributed by atoms with E-state index in [4.69, 9.17) is 0 Å². The van der Waals surface area contributed by atoms with Crippen LogP contribution in [0.2, 0.25) is 0 Å². The van der Waals surface area contributed by atoms with Crippen molar-refractivity contribution in [3.05, 3.63) is 71.5 Å². The minimum absolute atomic E-state index is 0.106. The Labute approximate surface area is 159 Å². The standard InChI is InChI=1S/C19H18F3N5O/c1-13(2)26(12-14-6-4-3-5-7-14)18(28)17-23-25-27(24-17)16-10-8-15(9-11-16)19(20,21)22/h3-11,13H,12H2,1-2H3. The van der Waals surface area contributed by atoms with E-state index in [1.54, 1.807) is 4.90 Å². The Hall–Kier alpha value is -3.23. The van der Waals surface area contributed by atoms with Crippen LogP contribution in [-0.2, 0) is 12.7 Å². The number of benzene rings is 2. The van der Waals surface area contributed by atoms with Gasteiger partial charge in [-0.1, -0.05) is 30.3 Å². The summed E-state index contributed by atoms with van der Waals surface area (Å²) in [6, 6.07) is 13.7. The fourth-order valence-electron chi connectivity index (χ4n) is 2.59. The minimum atomic E-state index is -4.43. The molecule has 0 bridgehead atoms. The van der Waals surface area contributed by atoms with Gasteiger partial charge < -0.3 is 4.90 Å². The summed E-state index contributed by atoms with van der Waals surface area (Å²) in [6.07, 6.45) is -4.43. The quantitative estimate of drug-likeness (QED) is 0.667. The summed E-state index contributed by atoms with van der Waals surface area (Å²) >= 11 is 0. The van der Waals surface area contributed by atoms with Crippen molar-refractivity contribution in [3.8, 4) is 5.69 Å². The van der Waals surface area contributed by atoms with Crippen molar-refractivity contribution >= 4 is 5.91 Å². The van der Waals surface area contributed by atoms with Crippen LogP contribution < -0.4 is 0 Å². The smallest absolute Gasteiger partial charge is 0.329 e. The summed E-state index contributed by atoms with van der Waals surface area (Å²) in [7, 11) is 0. The number of aromatic nitrogens is 4. The second-order valence-corrected chi connectivity index (χ2v) is 6.46. The van der Waals surface area contributed by atoms with E-state index < -0.39 is 17.6 Å². The van der Waals surface area contributed by atoms with Crippen LogP contribution >= 0.6 is 0 Å². The van der Waals surface area contributed by atoms with E-state index in [0.717, 1.165) is 22.5 Å². The topological polar surface area (TPSA) is 63.9 Å². The molecule has 1 aromatic heterocycles. The maximum atomic E-state index is 12.8. The molecule has 0 spiro atoms. The maximum Gasteiger partial charge on any atom is 0.416 e. The lowest BCUT2D eigenvalue weighted by molar-refractivity contribution is -0.137. The number of carbonyl (C=O) groups is 1. The van der Waals surface area contributed by atoms with Crippen LogP contribution in [0.5, 0.6) is 0 Å². The fraction of sp³-hybridized carbons (Fsp3) is 0.263. The van der Waals surface area contributed by atoms with Gasteiger partial charge in [-0.3, -0.25) is 4.79 Å². The van der Waals surface area contributed by atoms with Crippen molar-refractivity contribution in [2.24, 2.45) is 0 Å². The highest BCUT2D eigenvalue weighted by atomic mass is 19.4. The van der Waals surface area contributed by atoms with E-state index in [0.29, 0.717) is 6.54 Å². The van der Waals surface area contributed by atoms with Crippen molar-refractivity contribution in [3.63, 3.8) is 0 Å². The zero-order chi connectivity index (χ0) is 20.3. The molecule has 0 aliphatic carbocycles. The molecule has 28 heavy (non-hydrogen) atoms. The molecule has 0 radical (unpaired) electrons. The first kappa shape index (κ1) is 19.5. The molecule has 3 aromatic rings. The summed E-state index contributed by atoms with van der Waals surface area (Å²) in [5.74, 6) is -0.526. The monoisotopic (exact) mass is 389 g/mol. The molecule has 1 amide bonds. The Morgan fingerprint density at radius 3 is 2.29 bits per heavy atom. The van der Waals surface area contributed by atoms with Crippen LogP contribution in [0.25, 0.3) is 5.69 Å². The molecule has 0 fully saturated rings. The number of amides is 1. The average Bonchev–Trinajstić information content (AvgIpc) is 3.16. The van der Waals surface area contributed by atoms with Gasteiger partial charge in [-0.05, 0) is 48.9 Å². The molecule has 0 saturated carbocycles. The van der Waals surface area contributed by atoms with E-state index in [1.165, 1.54) is 12.1 Å². The highest BCUT2D eigenvalue weighted by Gasteiger charge is 2.30. The fourth-order valence-corrected chi connectivity index (χ4v) is 2.59. The summed E-state index contributed by atoms with van der Waals surface area (Å²) in [6.45, 7) is 4.13. The van der Waals surface area contributed by atoms with Gasteiger partial charge in [0.05, 0.1) is 11.3 Å². The van der Waals surface area contributed by atoms with E-state index in [1.807, 2.05) is 44.2 Å². The first-order chi connectivity index (χ1) is 13.3. The molecular weight excluding hydrogens is 371 g/mol. The van der Waals surface area contributed by atoms with E-state index in [2.05, 4.69) is 15.4 Å². The molecule has 2 aromatic carbocycles. The summed E-state index contributed by atoms with van der Waals surface area (Å²) in [5.41, 5.74) is 0.458. The van der Waals surface area contributed by atoms with Gasteiger partial charge in [-0.2, -0.15) is 13.2 Å². The Morgan fingerprint density at radius 2 is 1.71 bits per heavy atom. The van der Waals surface area contributed by atoms with Gasteiger partial charge in [0.1, 0.15) is 0 Å². The van der Waals surface area contributed by atoms with E-state index in [9.17, 15) is 18.0 Å². The molecular formula is C19H18F3N5O. The van der Waals surface area contributed by atoms with Crippen LogP contribution in [0, 0.1) is 0 Å². The number of rotatable bonds is 5. The van der Waals surface area contributed by atoms with Crippen molar-refractivity contribution in [2.75, 3.05) is 0 Å². The number of alkyl halides is 3. The first-order valence-electron chi connectivity index (χ1n) is 8.58. The van der Waals surface area contributed by atoms with Crippen molar-refractivity contribution in [1.82, 2.24) is 25.1 Å². The minimum Gasteiger partial charge on any atom is -0.329 e. The van der Waals surface area contributed by atoms with Crippen LogP contribution in [0.1, 0.15) is 35.6 Å². The Bertz CT molecular complexity index is 936. The van der Waals surface area contributed by atoms with Gasteiger partial charge >= 0.3 is 6.18 Å². The molecule has 1 heterocycles. The predicted octanol–water partition coefficient (Wildman–Crippen LogP) is 3.73. The molecule has 146 valence electrons. The molecule has 0 N–H and O–H groups in total. The van der Waals surface area contributed by atoms with Crippen molar-refractivity contribution in [1.29, 1.82) is 0 Å². The van der Waals surface area contributed by atoms with Gasteiger partial charge in [0.15, 0.2) is 0 Å². The zero-order valence-electron chi connectivity index (χ0n) is 15.3. The number of nitrogens with zero attached hydrogens (tertiary/aromatic N) is 5. The second-order valence-electron chi connectivity index (χ2n) is 6.46. The highest BCUT2D eigenvalue weighted by molar-refractivity contribution is 5.90. The summed E-state index contributed by atoms with van der Waals surface area (Å²) in [4.78, 5) is 15.5. The maximum absolute atomic E-state index is 12.8. The zero-order valence-corrected chi connectivity index (χ0v) is 15.3. The number of carbonyl (C=O) groups excluding carboxylic acids is 1. The van der Waals surface area contributed by atoms with Gasteiger partial charge in [-0.25, -0.2) is 0 Å².